The molecule has 1 aliphatic heterocycles. The van der Waals surface area contributed by atoms with Crippen LogP contribution in [0.25, 0.3) is 33.4 Å². The molecule has 0 radical (unpaired) electrons. The van der Waals surface area contributed by atoms with Crippen LogP contribution in [-0.2, 0) is 21.7 Å². The molecule has 2 aromatic heterocycles. The van der Waals surface area contributed by atoms with Crippen molar-refractivity contribution in [1.29, 1.82) is 5.26 Å². The van der Waals surface area contributed by atoms with Gasteiger partial charge in [-0.25, -0.2) is 9.67 Å². The van der Waals surface area contributed by atoms with E-state index in [9.17, 15) is 10.1 Å². The highest BCUT2D eigenvalue weighted by molar-refractivity contribution is 5.96. The van der Waals surface area contributed by atoms with Crippen molar-refractivity contribution in [3.8, 4) is 28.6 Å². The highest BCUT2D eigenvalue weighted by atomic mass is 16.5. The molecule has 1 saturated carbocycles. The molecule has 0 unspecified atom stereocenters. The van der Waals surface area contributed by atoms with Crippen LogP contribution < -0.4 is 5.32 Å². The number of benzene rings is 3. The minimum absolute atomic E-state index is 0.0309. The first-order chi connectivity index (χ1) is 19.1. The summed E-state index contributed by atoms with van der Waals surface area (Å²) >= 11 is 0. The van der Waals surface area contributed by atoms with Crippen LogP contribution in [0.3, 0.4) is 0 Å². The Balaban J connectivity index is 1.22. The van der Waals surface area contributed by atoms with Crippen LogP contribution in [0.4, 0.5) is 5.82 Å². The number of nitriles is 1. The fourth-order valence-electron chi connectivity index (χ4n) is 5.78. The molecule has 7 rings (SSSR count). The number of nitrogens with zero attached hydrogens (tertiary/aromatic N) is 4. The zero-order valence-corrected chi connectivity index (χ0v) is 21.2. The molecule has 1 amide bonds. The Bertz CT molecular complexity index is 1750. The van der Waals surface area contributed by atoms with E-state index in [-0.39, 0.29) is 12.0 Å². The third-order valence-corrected chi connectivity index (χ3v) is 7.77. The van der Waals surface area contributed by atoms with Gasteiger partial charge in [-0.1, -0.05) is 78.9 Å². The van der Waals surface area contributed by atoms with Gasteiger partial charge in [-0.3, -0.25) is 4.79 Å². The first-order valence-corrected chi connectivity index (χ1v) is 13.1. The number of aromatic nitrogens is 3. The van der Waals surface area contributed by atoms with Gasteiger partial charge in [0.15, 0.2) is 0 Å². The molecule has 0 saturated heterocycles. The Kier molecular flexibility index (Phi) is 5.50. The second kappa shape index (κ2) is 9.19. The predicted octanol–water partition coefficient (Wildman–Crippen LogP) is 6.05. The van der Waals surface area contributed by atoms with Gasteiger partial charge >= 0.3 is 0 Å². The Labute approximate surface area is 225 Å². The van der Waals surface area contributed by atoms with Gasteiger partial charge in [0.05, 0.1) is 35.9 Å². The molecule has 3 heterocycles. The first-order valence-electron chi connectivity index (χ1n) is 13.1. The number of amides is 1. The monoisotopic (exact) mass is 511 g/mol. The molecule has 3 aromatic carbocycles. The summed E-state index contributed by atoms with van der Waals surface area (Å²) in [6.07, 6.45) is 1.69. The highest BCUT2D eigenvalue weighted by Crippen LogP contribution is 2.49. The number of rotatable bonds is 5. The highest BCUT2D eigenvalue weighted by Gasteiger charge is 2.52. The maximum absolute atomic E-state index is 12.8. The summed E-state index contributed by atoms with van der Waals surface area (Å²) in [6, 6.07) is 32.4. The van der Waals surface area contributed by atoms with Crippen LogP contribution in [0.2, 0.25) is 0 Å². The summed E-state index contributed by atoms with van der Waals surface area (Å²) in [4.78, 5) is 17.7. The maximum atomic E-state index is 12.8. The van der Waals surface area contributed by atoms with Crippen LogP contribution >= 0.6 is 0 Å². The number of carbonyl (C=O) groups is 1. The van der Waals surface area contributed by atoms with Crippen LogP contribution in [0.5, 0.6) is 0 Å². The largest absolute Gasteiger partial charge is 0.373 e. The molecule has 0 atom stereocenters. The second-order valence-electron chi connectivity index (χ2n) is 10.3. The molecule has 2 aliphatic rings. The lowest BCUT2D eigenvalue weighted by atomic mass is 9.71. The van der Waals surface area contributed by atoms with Gasteiger partial charge in [0.1, 0.15) is 23.1 Å². The third-order valence-electron chi connectivity index (χ3n) is 7.77. The molecule has 0 bridgehead atoms. The van der Waals surface area contributed by atoms with Crippen LogP contribution in [0, 0.1) is 11.3 Å². The summed E-state index contributed by atoms with van der Waals surface area (Å²) in [6.45, 7) is 0.531. The molecule has 39 heavy (non-hydrogen) atoms. The molecule has 7 heteroatoms. The van der Waals surface area contributed by atoms with Gasteiger partial charge in [0.25, 0.3) is 0 Å². The summed E-state index contributed by atoms with van der Waals surface area (Å²) in [7, 11) is 0. The van der Waals surface area contributed by atoms with Crippen molar-refractivity contribution in [1.82, 2.24) is 14.8 Å². The Morgan fingerprint density at radius 1 is 0.974 bits per heavy atom. The Morgan fingerprint density at radius 2 is 1.72 bits per heavy atom. The topological polar surface area (TPSA) is 92.8 Å². The Morgan fingerprint density at radius 3 is 2.49 bits per heavy atom. The predicted molar refractivity (Wildman–Crippen MR) is 149 cm³/mol. The minimum atomic E-state index is -0.488. The van der Waals surface area contributed by atoms with Gasteiger partial charge in [0.2, 0.25) is 5.91 Å². The zero-order valence-electron chi connectivity index (χ0n) is 21.2. The van der Waals surface area contributed by atoms with Gasteiger partial charge in [-0.15, -0.1) is 0 Å². The molecule has 1 fully saturated rings. The lowest BCUT2D eigenvalue weighted by Gasteiger charge is -2.49. The average Bonchev–Trinajstić information content (AvgIpc) is 3.34. The standard InChI is InChI=1S/C32H25N5O2/c33-19-26-30(24-12-11-23-13-14-27(34-28(23)15-24)22-9-5-2-6-10-22)36-37-31(26)35-29(38)18-32(37)16-25(17-32)39-20-21-7-3-1-4-8-21/h1-15,25H,16-18,20H2,(H,35,38). The normalized spacial score (nSPS) is 19.8. The third kappa shape index (κ3) is 4.06. The lowest BCUT2D eigenvalue weighted by molar-refractivity contribution is -0.129. The molecule has 1 spiro atoms. The van der Waals surface area contributed by atoms with Gasteiger partial charge in [-0.05, 0) is 30.5 Å². The van der Waals surface area contributed by atoms with E-state index in [0.29, 0.717) is 42.9 Å². The first kappa shape index (κ1) is 23.3. The molecule has 7 nitrogen and oxygen atoms in total. The van der Waals surface area contributed by atoms with E-state index in [1.54, 1.807) is 0 Å². The van der Waals surface area contributed by atoms with E-state index in [1.165, 1.54) is 0 Å². The quantitative estimate of drug-likeness (QED) is 0.310. The number of ether oxygens (including phenoxy) is 1. The molecule has 1 N–H and O–H groups in total. The zero-order chi connectivity index (χ0) is 26.4. The molecule has 190 valence electrons. The second-order valence-corrected chi connectivity index (χ2v) is 10.3. The van der Waals surface area contributed by atoms with E-state index >= 15 is 0 Å². The fraction of sp³-hybridized carbons (Fsp3) is 0.188. The van der Waals surface area contributed by atoms with Crippen molar-refractivity contribution in [3.63, 3.8) is 0 Å². The number of nitrogens with one attached hydrogen (secondary N) is 1. The van der Waals surface area contributed by atoms with Crippen molar-refractivity contribution in [3.05, 3.63) is 102 Å². The SMILES string of the molecule is N#Cc1c(-c2ccc3ccc(-c4ccccc4)nc3c2)nn2c1NC(=O)CC21CC(OCc2ccccc2)C1. The van der Waals surface area contributed by atoms with E-state index < -0.39 is 5.54 Å². The van der Waals surface area contributed by atoms with E-state index in [1.807, 2.05) is 89.6 Å². The number of anilines is 1. The molecule has 1 aliphatic carbocycles. The number of pyridine rings is 1. The number of fused-ring (bicyclic) bond motifs is 3. The van der Waals surface area contributed by atoms with E-state index in [2.05, 4.69) is 17.5 Å². The van der Waals surface area contributed by atoms with E-state index in [0.717, 1.165) is 33.3 Å². The van der Waals surface area contributed by atoms with Crippen molar-refractivity contribution in [2.24, 2.45) is 0 Å². The van der Waals surface area contributed by atoms with Crippen molar-refractivity contribution < 1.29 is 9.53 Å². The van der Waals surface area contributed by atoms with Crippen molar-refractivity contribution >= 4 is 22.6 Å². The van der Waals surface area contributed by atoms with Gasteiger partial charge in [-0.2, -0.15) is 10.4 Å². The van der Waals surface area contributed by atoms with E-state index in [4.69, 9.17) is 14.8 Å². The summed E-state index contributed by atoms with van der Waals surface area (Å²) in [5, 5.41) is 19.0. The number of carbonyl (C=O) groups excluding carboxylic acids is 1. The van der Waals surface area contributed by atoms with Crippen molar-refractivity contribution in [2.45, 2.75) is 37.5 Å². The summed E-state index contributed by atoms with van der Waals surface area (Å²) < 4.78 is 8.00. The summed E-state index contributed by atoms with van der Waals surface area (Å²) in [5.74, 6) is 0.371. The van der Waals surface area contributed by atoms with Crippen molar-refractivity contribution in [2.75, 3.05) is 5.32 Å². The smallest absolute Gasteiger partial charge is 0.228 e. The Hall–Kier alpha value is -4.80. The van der Waals surface area contributed by atoms with Crippen LogP contribution in [-0.4, -0.2) is 26.8 Å². The van der Waals surface area contributed by atoms with Crippen LogP contribution in [0.1, 0.15) is 30.4 Å². The maximum Gasteiger partial charge on any atom is 0.228 e. The average molecular weight is 512 g/mol. The molecular formula is C32H25N5O2. The molecular weight excluding hydrogens is 486 g/mol. The number of hydrogen-bond donors (Lipinski definition) is 1. The van der Waals surface area contributed by atoms with Gasteiger partial charge < -0.3 is 10.1 Å². The minimum Gasteiger partial charge on any atom is -0.373 e. The van der Waals surface area contributed by atoms with Gasteiger partial charge in [0, 0.05) is 16.5 Å². The summed E-state index contributed by atoms with van der Waals surface area (Å²) in [5.41, 5.74) is 5.09. The number of hydrogen-bond acceptors (Lipinski definition) is 5. The fourth-order valence-corrected chi connectivity index (χ4v) is 5.78. The molecule has 5 aromatic rings. The lowest BCUT2D eigenvalue weighted by Crippen LogP contribution is -2.55. The van der Waals surface area contributed by atoms with Crippen LogP contribution in [0.15, 0.2) is 91.0 Å².